The number of likely N-dealkylation sites (tertiary alicyclic amines) is 1. The van der Waals surface area contributed by atoms with E-state index >= 15 is 0 Å². The minimum atomic E-state index is -0.437. The molecule has 3 amide bonds. The molecule has 4 rings (SSSR count). The zero-order chi connectivity index (χ0) is 19.7. The molecule has 144 valence electrons. The first kappa shape index (κ1) is 18.4. The van der Waals surface area contributed by atoms with Crippen LogP contribution >= 0.6 is 11.6 Å². The highest BCUT2D eigenvalue weighted by atomic mass is 35.5. The molecule has 3 heterocycles. The van der Waals surface area contributed by atoms with E-state index in [1.54, 1.807) is 29.2 Å². The summed E-state index contributed by atoms with van der Waals surface area (Å²) in [6.45, 7) is 0.605. The Bertz CT molecular complexity index is 899. The molecule has 28 heavy (non-hydrogen) atoms. The fourth-order valence-corrected chi connectivity index (χ4v) is 3.49. The number of nitrogens with zero attached hydrogens (tertiary/aromatic N) is 4. The molecule has 0 N–H and O–H groups in total. The van der Waals surface area contributed by atoms with Crippen molar-refractivity contribution in [2.45, 2.75) is 18.9 Å². The lowest BCUT2D eigenvalue weighted by Crippen LogP contribution is -2.49. The van der Waals surface area contributed by atoms with Crippen LogP contribution in [0.15, 0.2) is 36.7 Å². The van der Waals surface area contributed by atoms with Gasteiger partial charge in [-0.15, -0.1) is 0 Å². The lowest BCUT2D eigenvalue weighted by Gasteiger charge is -2.33. The van der Waals surface area contributed by atoms with Crippen LogP contribution in [-0.4, -0.2) is 63.2 Å². The highest BCUT2D eigenvalue weighted by Crippen LogP contribution is 2.23. The van der Waals surface area contributed by atoms with Gasteiger partial charge in [0.05, 0.1) is 35.1 Å². The van der Waals surface area contributed by atoms with E-state index in [9.17, 15) is 14.4 Å². The number of fused-ring (bicyclic) bond motifs is 1. The van der Waals surface area contributed by atoms with E-state index in [1.807, 2.05) is 0 Å². The van der Waals surface area contributed by atoms with Crippen LogP contribution in [0.25, 0.3) is 0 Å². The Labute approximate surface area is 166 Å². The summed E-state index contributed by atoms with van der Waals surface area (Å²) in [4.78, 5) is 48.2. The minimum Gasteiger partial charge on any atom is -0.458 e. The van der Waals surface area contributed by atoms with E-state index < -0.39 is 11.8 Å². The second kappa shape index (κ2) is 7.55. The number of amides is 3. The lowest BCUT2D eigenvalue weighted by molar-refractivity contribution is -0.134. The van der Waals surface area contributed by atoms with Gasteiger partial charge in [0.2, 0.25) is 5.91 Å². The van der Waals surface area contributed by atoms with Gasteiger partial charge in [-0.3, -0.25) is 19.3 Å². The summed E-state index contributed by atoms with van der Waals surface area (Å²) < 4.78 is 5.73. The first-order chi connectivity index (χ1) is 13.5. The quantitative estimate of drug-likeness (QED) is 0.726. The molecule has 0 spiro atoms. The normalized spacial score (nSPS) is 19.0. The summed E-state index contributed by atoms with van der Waals surface area (Å²) in [6, 6.07) is 6.78. The van der Waals surface area contributed by atoms with Gasteiger partial charge >= 0.3 is 6.01 Å². The predicted molar refractivity (Wildman–Crippen MR) is 99.1 cm³/mol. The second-order valence-electron chi connectivity index (χ2n) is 6.65. The van der Waals surface area contributed by atoms with Crippen molar-refractivity contribution in [3.63, 3.8) is 0 Å². The summed E-state index contributed by atoms with van der Waals surface area (Å²) in [5.41, 5.74) is 0.667. The first-order valence-electron chi connectivity index (χ1n) is 8.90. The van der Waals surface area contributed by atoms with Crippen LogP contribution in [0.5, 0.6) is 6.01 Å². The molecule has 2 aliphatic rings. The van der Waals surface area contributed by atoms with Crippen LogP contribution in [0, 0.1) is 0 Å². The highest BCUT2D eigenvalue weighted by molar-refractivity contribution is 6.30. The molecule has 1 atom stereocenters. The molecule has 1 saturated heterocycles. The van der Waals surface area contributed by atoms with E-state index in [1.165, 1.54) is 12.4 Å². The van der Waals surface area contributed by atoms with Crippen LogP contribution in [0.2, 0.25) is 5.02 Å². The molecule has 1 aromatic carbocycles. The molecule has 9 heteroatoms. The number of piperidine rings is 1. The minimum absolute atomic E-state index is 0.198. The van der Waals surface area contributed by atoms with Gasteiger partial charge in [0.15, 0.2) is 0 Å². The topological polar surface area (TPSA) is 92.7 Å². The molecule has 1 unspecified atom stereocenters. The van der Waals surface area contributed by atoms with E-state index in [-0.39, 0.29) is 24.6 Å². The van der Waals surface area contributed by atoms with E-state index in [0.29, 0.717) is 29.2 Å². The number of hydrogen-bond donors (Lipinski definition) is 0. The average Bonchev–Trinajstić information content (AvgIpc) is 2.95. The standard InChI is InChI=1S/C19H17ClN4O4/c20-12-8-21-19(22-9-12)28-13-4-3-7-23(10-13)16(25)11-24-17(26)14-5-1-2-6-15(14)18(24)27/h1-2,5-6,8-9,13H,3-4,7,10-11H2. The molecular formula is C19H17ClN4O4. The predicted octanol–water partition coefficient (Wildman–Crippen LogP) is 1.80. The molecule has 1 aromatic heterocycles. The zero-order valence-corrected chi connectivity index (χ0v) is 15.6. The number of benzene rings is 1. The van der Waals surface area contributed by atoms with Crippen LogP contribution in [-0.2, 0) is 4.79 Å². The van der Waals surface area contributed by atoms with E-state index in [2.05, 4.69) is 9.97 Å². The summed E-state index contributed by atoms with van der Waals surface area (Å²) in [5.74, 6) is -1.17. The molecule has 0 bridgehead atoms. The van der Waals surface area contributed by atoms with Crippen molar-refractivity contribution < 1.29 is 19.1 Å². The Hall–Kier alpha value is -3.00. The lowest BCUT2D eigenvalue weighted by atomic mass is 10.1. The average molecular weight is 401 g/mol. The maximum atomic E-state index is 12.7. The van der Waals surface area contributed by atoms with Crippen molar-refractivity contribution in [2.75, 3.05) is 19.6 Å². The Morgan fingerprint density at radius 2 is 1.79 bits per heavy atom. The maximum Gasteiger partial charge on any atom is 0.316 e. The number of carbonyl (C=O) groups excluding carboxylic acids is 3. The molecule has 0 aliphatic carbocycles. The largest absolute Gasteiger partial charge is 0.458 e. The van der Waals surface area contributed by atoms with Crippen molar-refractivity contribution in [3.8, 4) is 6.01 Å². The second-order valence-corrected chi connectivity index (χ2v) is 7.08. The van der Waals surface area contributed by atoms with Crippen LogP contribution in [0.1, 0.15) is 33.6 Å². The molecule has 8 nitrogen and oxygen atoms in total. The van der Waals surface area contributed by atoms with Crippen LogP contribution < -0.4 is 4.74 Å². The number of halogens is 1. The van der Waals surface area contributed by atoms with Crippen molar-refractivity contribution in [2.24, 2.45) is 0 Å². The Morgan fingerprint density at radius 3 is 2.43 bits per heavy atom. The first-order valence-corrected chi connectivity index (χ1v) is 9.28. The van der Waals surface area contributed by atoms with Gasteiger partial charge < -0.3 is 9.64 Å². The molecule has 1 fully saturated rings. The smallest absolute Gasteiger partial charge is 0.316 e. The summed E-state index contributed by atoms with van der Waals surface area (Å²) >= 11 is 5.76. The third-order valence-electron chi connectivity index (χ3n) is 4.77. The highest BCUT2D eigenvalue weighted by Gasteiger charge is 2.37. The van der Waals surface area contributed by atoms with E-state index in [4.69, 9.17) is 16.3 Å². The number of hydrogen-bond acceptors (Lipinski definition) is 6. The monoisotopic (exact) mass is 400 g/mol. The third kappa shape index (κ3) is 3.55. The fourth-order valence-electron chi connectivity index (χ4n) is 3.39. The van der Waals surface area contributed by atoms with Gasteiger partial charge in [-0.25, -0.2) is 9.97 Å². The Balaban J connectivity index is 1.39. The Kier molecular flexibility index (Phi) is 4.95. The van der Waals surface area contributed by atoms with Gasteiger partial charge in [-0.2, -0.15) is 0 Å². The zero-order valence-electron chi connectivity index (χ0n) is 14.9. The van der Waals surface area contributed by atoms with Gasteiger partial charge in [0.1, 0.15) is 12.6 Å². The number of carbonyl (C=O) groups is 3. The summed E-state index contributed by atoms with van der Waals surface area (Å²) in [7, 11) is 0. The Morgan fingerprint density at radius 1 is 1.14 bits per heavy atom. The van der Waals surface area contributed by atoms with Crippen molar-refractivity contribution in [1.29, 1.82) is 0 Å². The number of aromatic nitrogens is 2. The number of rotatable bonds is 4. The van der Waals surface area contributed by atoms with Gasteiger partial charge in [0.25, 0.3) is 11.8 Å². The molecule has 0 saturated carbocycles. The van der Waals surface area contributed by atoms with Gasteiger partial charge in [0, 0.05) is 6.54 Å². The molecule has 2 aromatic rings. The van der Waals surface area contributed by atoms with Gasteiger partial charge in [-0.05, 0) is 25.0 Å². The van der Waals surface area contributed by atoms with Crippen molar-refractivity contribution in [3.05, 3.63) is 52.8 Å². The fraction of sp³-hybridized carbons (Fsp3) is 0.316. The van der Waals surface area contributed by atoms with Crippen LogP contribution in [0.4, 0.5) is 0 Å². The summed E-state index contributed by atoms with van der Waals surface area (Å²) in [5, 5.41) is 0.411. The van der Waals surface area contributed by atoms with Gasteiger partial charge in [-0.1, -0.05) is 23.7 Å². The number of imide groups is 1. The third-order valence-corrected chi connectivity index (χ3v) is 4.97. The molecule has 2 aliphatic heterocycles. The molecular weight excluding hydrogens is 384 g/mol. The van der Waals surface area contributed by atoms with Crippen molar-refractivity contribution >= 4 is 29.3 Å². The summed E-state index contributed by atoms with van der Waals surface area (Å²) in [6.07, 6.45) is 4.12. The maximum absolute atomic E-state index is 12.7. The number of ether oxygens (including phenoxy) is 1. The SMILES string of the molecule is O=C(CN1C(=O)c2ccccc2C1=O)N1CCCC(Oc2ncc(Cl)cn2)C1. The van der Waals surface area contributed by atoms with E-state index in [0.717, 1.165) is 17.7 Å². The van der Waals surface area contributed by atoms with Crippen LogP contribution in [0.3, 0.4) is 0 Å². The molecule has 0 radical (unpaired) electrons. The van der Waals surface area contributed by atoms with Crippen molar-refractivity contribution in [1.82, 2.24) is 19.8 Å².